The average molecular weight is 276 g/mol. The van der Waals surface area contributed by atoms with Gasteiger partial charge in [-0.05, 0) is 18.6 Å². The van der Waals surface area contributed by atoms with Crippen molar-refractivity contribution in [2.75, 3.05) is 6.54 Å². The molecule has 0 radical (unpaired) electrons. The van der Waals surface area contributed by atoms with Gasteiger partial charge < -0.3 is 14.9 Å². The van der Waals surface area contributed by atoms with Gasteiger partial charge in [-0.2, -0.15) is 0 Å². The molecule has 2 rings (SSSR count). The zero-order valence-electron chi connectivity index (χ0n) is 11.1. The number of fused-ring (bicyclic) bond motifs is 1. The van der Waals surface area contributed by atoms with E-state index in [4.69, 9.17) is 9.63 Å². The fourth-order valence-corrected chi connectivity index (χ4v) is 1.92. The smallest absolute Gasteiger partial charge is 0.308 e. The zero-order chi connectivity index (χ0) is 14.5. The molecule has 0 aliphatic carbocycles. The number of rotatable bonds is 6. The monoisotopic (exact) mass is 276 g/mol. The topological polar surface area (TPSA) is 92.4 Å². The highest BCUT2D eigenvalue weighted by Gasteiger charge is 2.17. The number of carboxylic acids is 1. The van der Waals surface area contributed by atoms with Crippen LogP contribution < -0.4 is 5.32 Å². The Morgan fingerprint density at radius 3 is 2.85 bits per heavy atom. The minimum atomic E-state index is -0.903. The van der Waals surface area contributed by atoms with Crippen LogP contribution in [0.5, 0.6) is 0 Å². The van der Waals surface area contributed by atoms with Gasteiger partial charge in [0.2, 0.25) is 5.91 Å². The van der Waals surface area contributed by atoms with Gasteiger partial charge in [0.25, 0.3) is 0 Å². The molecule has 2 aromatic rings. The van der Waals surface area contributed by atoms with E-state index < -0.39 is 11.9 Å². The third-order valence-corrected chi connectivity index (χ3v) is 3.17. The van der Waals surface area contributed by atoms with Crippen molar-refractivity contribution in [3.8, 4) is 0 Å². The van der Waals surface area contributed by atoms with Gasteiger partial charge >= 0.3 is 5.97 Å². The molecular formula is C14H16N2O4. The maximum atomic E-state index is 11.8. The number of hydrogen-bond acceptors (Lipinski definition) is 4. The number of nitrogens with zero attached hydrogens (tertiary/aromatic N) is 1. The van der Waals surface area contributed by atoms with Gasteiger partial charge in [0.1, 0.15) is 5.69 Å². The Balaban J connectivity index is 1.96. The zero-order valence-corrected chi connectivity index (χ0v) is 11.1. The second-order valence-corrected chi connectivity index (χ2v) is 4.55. The molecule has 1 amide bonds. The predicted octanol–water partition coefficient (Wildman–Crippen LogP) is 1.60. The molecule has 1 unspecified atom stereocenters. The van der Waals surface area contributed by atoms with Crippen molar-refractivity contribution in [3.63, 3.8) is 0 Å². The van der Waals surface area contributed by atoms with Crippen molar-refractivity contribution >= 4 is 22.8 Å². The van der Waals surface area contributed by atoms with E-state index in [0.29, 0.717) is 17.7 Å². The molecule has 1 atom stereocenters. The number of hydrogen-bond donors (Lipinski definition) is 2. The molecular weight excluding hydrogens is 260 g/mol. The van der Waals surface area contributed by atoms with Crippen LogP contribution in [0.15, 0.2) is 28.8 Å². The summed E-state index contributed by atoms with van der Waals surface area (Å²) >= 11 is 0. The first-order valence-electron chi connectivity index (χ1n) is 6.44. The van der Waals surface area contributed by atoms with E-state index in [1.165, 1.54) is 0 Å². The van der Waals surface area contributed by atoms with Crippen molar-refractivity contribution in [3.05, 3.63) is 30.0 Å². The number of aliphatic carboxylic acids is 1. The molecule has 6 nitrogen and oxygen atoms in total. The normalized spacial score (nSPS) is 12.2. The molecule has 0 fully saturated rings. The maximum absolute atomic E-state index is 11.8. The molecule has 0 saturated heterocycles. The summed E-state index contributed by atoms with van der Waals surface area (Å²) in [5.74, 6) is -1.73. The summed E-state index contributed by atoms with van der Waals surface area (Å²) in [6.45, 7) is 1.90. The molecule has 20 heavy (non-hydrogen) atoms. The van der Waals surface area contributed by atoms with E-state index in [1.54, 1.807) is 13.0 Å². The number of amides is 1. The van der Waals surface area contributed by atoms with Gasteiger partial charge in [-0.25, -0.2) is 0 Å². The summed E-state index contributed by atoms with van der Waals surface area (Å²) in [4.78, 5) is 22.7. The van der Waals surface area contributed by atoms with Crippen LogP contribution in [0.4, 0.5) is 0 Å². The van der Waals surface area contributed by atoms with Gasteiger partial charge in [-0.15, -0.1) is 0 Å². The number of nitrogens with one attached hydrogen (secondary N) is 1. The summed E-state index contributed by atoms with van der Waals surface area (Å²) in [6.07, 6.45) is 0.551. The van der Waals surface area contributed by atoms with Gasteiger partial charge in [0.15, 0.2) is 5.58 Å². The lowest BCUT2D eigenvalue weighted by Crippen LogP contribution is -2.33. The van der Waals surface area contributed by atoms with Crippen LogP contribution in [0, 0.1) is 5.92 Å². The Morgan fingerprint density at radius 2 is 2.15 bits per heavy atom. The molecule has 106 valence electrons. The molecule has 0 aliphatic rings. The van der Waals surface area contributed by atoms with E-state index in [-0.39, 0.29) is 18.9 Å². The van der Waals surface area contributed by atoms with Crippen LogP contribution in [0.25, 0.3) is 11.0 Å². The molecule has 1 aromatic heterocycles. The predicted molar refractivity (Wildman–Crippen MR) is 72.1 cm³/mol. The highest BCUT2D eigenvalue weighted by Crippen LogP contribution is 2.17. The van der Waals surface area contributed by atoms with Crippen LogP contribution in [-0.4, -0.2) is 28.7 Å². The fraction of sp³-hybridized carbons (Fsp3) is 0.357. The van der Waals surface area contributed by atoms with Gasteiger partial charge in [0, 0.05) is 11.9 Å². The minimum Gasteiger partial charge on any atom is -0.481 e. The van der Waals surface area contributed by atoms with Crippen LogP contribution in [0.3, 0.4) is 0 Å². The molecule has 0 bridgehead atoms. The van der Waals surface area contributed by atoms with E-state index in [1.807, 2.05) is 18.2 Å². The second kappa shape index (κ2) is 6.18. The van der Waals surface area contributed by atoms with E-state index >= 15 is 0 Å². The van der Waals surface area contributed by atoms with Crippen LogP contribution >= 0.6 is 0 Å². The lowest BCUT2D eigenvalue weighted by atomic mass is 10.1. The Hall–Kier alpha value is -2.37. The van der Waals surface area contributed by atoms with Gasteiger partial charge in [0.05, 0.1) is 12.3 Å². The summed E-state index contributed by atoms with van der Waals surface area (Å²) in [5, 5.41) is 16.2. The van der Waals surface area contributed by atoms with E-state index in [2.05, 4.69) is 10.5 Å². The third kappa shape index (κ3) is 3.14. The first-order chi connectivity index (χ1) is 9.61. The maximum Gasteiger partial charge on any atom is 0.308 e. The molecule has 0 aliphatic heterocycles. The molecule has 0 spiro atoms. The summed E-state index contributed by atoms with van der Waals surface area (Å²) in [7, 11) is 0. The number of carbonyl (C=O) groups excluding carboxylic acids is 1. The quantitative estimate of drug-likeness (QED) is 0.836. The standard InChI is InChI=1S/C14H16N2O4/c1-2-9(14(18)19)8-15-13(17)7-11-10-5-3-4-6-12(10)20-16-11/h3-6,9H,2,7-8H2,1H3,(H,15,17)(H,18,19). The Kier molecular flexibility index (Phi) is 4.34. The van der Waals surface area contributed by atoms with Crippen molar-refractivity contribution < 1.29 is 19.2 Å². The molecule has 1 heterocycles. The van der Waals surface area contributed by atoms with Crippen molar-refractivity contribution in [2.24, 2.45) is 5.92 Å². The van der Waals surface area contributed by atoms with E-state index in [0.717, 1.165) is 5.39 Å². The lowest BCUT2D eigenvalue weighted by Gasteiger charge is -2.10. The van der Waals surface area contributed by atoms with Crippen molar-refractivity contribution in [2.45, 2.75) is 19.8 Å². The SMILES string of the molecule is CCC(CNC(=O)Cc1noc2ccccc12)C(=O)O. The Morgan fingerprint density at radius 1 is 1.40 bits per heavy atom. The second-order valence-electron chi connectivity index (χ2n) is 4.55. The number of carbonyl (C=O) groups is 2. The van der Waals surface area contributed by atoms with E-state index in [9.17, 15) is 9.59 Å². The van der Waals surface area contributed by atoms with Gasteiger partial charge in [-0.3, -0.25) is 9.59 Å². The minimum absolute atomic E-state index is 0.0765. The number of aromatic nitrogens is 1. The molecule has 1 aromatic carbocycles. The van der Waals surface area contributed by atoms with Crippen molar-refractivity contribution in [1.29, 1.82) is 0 Å². The first-order valence-corrected chi connectivity index (χ1v) is 6.44. The third-order valence-electron chi connectivity index (χ3n) is 3.17. The summed E-state index contributed by atoms with van der Waals surface area (Å²) in [6, 6.07) is 7.29. The highest BCUT2D eigenvalue weighted by molar-refractivity contribution is 5.86. The Labute approximate surface area is 115 Å². The first kappa shape index (κ1) is 14.0. The number of benzene rings is 1. The highest BCUT2D eigenvalue weighted by atomic mass is 16.5. The average Bonchev–Trinajstić information content (AvgIpc) is 2.82. The lowest BCUT2D eigenvalue weighted by molar-refractivity contribution is -0.141. The largest absolute Gasteiger partial charge is 0.481 e. The Bertz CT molecular complexity index is 620. The molecule has 2 N–H and O–H groups in total. The summed E-state index contributed by atoms with van der Waals surface area (Å²) in [5.41, 5.74) is 1.19. The molecule has 6 heteroatoms. The summed E-state index contributed by atoms with van der Waals surface area (Å²) < 4.78 is 5.11. The number of carboxylic acid groups (broad SMARTS) is 1. The van der Waals surface area contributed by atoms with Gasteiger partial charge in [-0.1, -0.05) is 24.2 Å². The van der Waals surface area contributed by atoms with Crippen LogP contribution in [0.1, 0.15) is 19.0 Å². The fourth-order valence-electron chi connectivity index (χ4n) is 1.92. The van der Waals surface area contributed by atoms with Crippen LogP contribution in [0.2, 0.25) is 0 Å². The van der Waals surface area contributed by atoms with Crippen molar-refractivity contribution in [1.82, 2.24) is 10.5 Å². The van der Waals surface area contributed by atoms with Crippen LogP contribution in [-0.2, 0) is 16.0 Å². The number of para-hydroxylation sites is 1. The molecule has 0 saturated carbocycles.